The van der Waals surface area contributed by atoms with Gasteiger partial charge in [0.25, 0.3) is 0 Å². The number of aromatic nitrogens is 2. The van der Waals surface area contributed by atoms with Crippen molar-refractivity contribution in [1.82, 2.24) is 10.1 Å². The van der Waals surface area contributed by atoms with Crippen molar-refractivity contribution in [2.75, 3.05) is 5.32 Å². The molecule has 3 rings (SSSR count). The van der Waals surface area contributed by atoms with Gasteiger partial charge in [-0.3, -0.25) is 4.79 Å². The second-order valence-corrected chi connectivity index (χ2v) is 4.78. The largest absolute Gasteiger partial charge is 0.376 e. The smallest absolute Gasteiger partial charge is 0.245 e. The zero-order chi connectivity index (χ0) is 13.2. The lowest BCUT2D eigenvalue weighted by molar-refractivity contribution is 0.101. The summed E-state index contributed by atoms with van der Waals surface area (Å²) in [4.78, 5) is 15.8. The third-order valence-corrected chi connectivity index (χ3v) is 3.16. The first-order valence-corrected chi connectivity index (χ1v) is 6.40. The van der Waals surface area contributed by atoms with E-state index >= 15 is 0 Å². The highest BCUT2D eigenvalue weighted by atomic mass is 16.5. The molecule has 0 spiro atoms. The van der Waals surface area contributed by atoms with Gasteiger partial charge in [0, 0.05) is 17.2 Å². The average molecular weight is 257 g/mol. The molecule has 0 unspecified atom stereocenters. The standard InChI is InChI=1S/C14H15N3O2/c1-9(18)11-4-2-3-5-12(11)15-8-13-16-14(17-19-13)10-6-7-10/h2-5,10,15H,6-8H2,1H3. The minimum atomic E-state index is 0.0345. The lowest BCUT2D eigenvalue weighted by Crippen LogP contribution is -2.05. The third kappa shape index (κ3) is 2.65. The van der Waals surface area contributed by atoms with Crippen molar-refractivity contribution in [2.24, 2.45) is 0 Å². The van der Waals surface area contributed by atoms with Gasteiger partial charge in [-0.05, 0) is 31.9 Å². The van der Waals surface area contributed by atoms with Crippen molar-refractivity contribution in [2.45, 2.75) is 32.2 Å². The summed E-state index contributed by atoms with van der Waals surface area (Å²) in [6.07, 6.45) is 2.30. The average Bonchev–Trinajstić information content (AvgIpc) is 3.16. The molecule has 0 aliphatic heterocycles. The second-order valence-electron chi connectivity index (χ2n) is 4.78. The molecular weight excluding hydrogens is 242 g/mol. The molecule has 98 valence electrons. The fourth-order valence-electron chi connectivity index (χ4n) is 1.96. The number of benzene rings is 1. The van der Waals surface area contributed by atoms with Crippen LogP contribution >= 0.6 is 0 Å². The van der Waals surface area contributed by atoms with Gasteiger partial charge in [-0.1, -0.05) is 17.3 Å². The van der Waals surface area contributed by atoms with Crippen LogP contribution in [0.15, 0.2) is 28.8 Å². The van der Waals surface area contributed by atoms with Gasteiger partial charge in [0.2, 0.25) is 5.89 Å². The number of nitrogens with zero attached hydrogens (tertiary/aromatic N) is 2. The van der Waals surface area contributed by atoms with E-state index in [1.54, 1.807) is 13.0 Å². The molecule has 0 radical (unpaired) electrons. The Balaban J connectivity index is 1.69. The lowest BCUT2D eigenvalue weighted by Gasteiger charge is -2.07. The summed E-state index contributed by atoms with van der Waals surface area (Å²) in [6, 6.07) is 7.40. The molecule has 19 heavy (non-hydrogen) atoms. The number of Topliss-reactive ketones (excluding diaryl/α,β-unsaturated/α-hetero) is 1. The maximum atomic E-state index is 11.5. The van der Waals surface area contributed by atoms with E-state index in [4.69, 9.17) is 4.52 Å². The maximum absolute atomic E-state index is 11.5. The first kappa shape index (κ1) is 11.9. The molecule has 0 atom stereocenters. The SMILES string of the molecule is CC(=O)c1ccccc1NCc1nc(C2CC2)no1. The Morgan fingerprint density at radius 3 is 2.95 bits per heavy atom. The van der Waals surface area contributed by atoms with E-state index in [9.17, 15) is 4.79 Å². The van der Waals surface area contributed by atoms with Crippen LogP contribution in [0, 0.1) is 0 Å². The Labute approximate surface area is 111 Å². The van der Waals surface area contributed by atoms with E-state index in [0.29, 0.717) is 23.9 Å². The van der Waals surface area contributed by atoms with Crippen LogP contribution in [-0.2, 0) is 6.54 Å². The summed E-state index contributed by atoms with van der Waals surface area (Å²) in [5.74, 6) is 1.88. The Morgan fingerprint density at radius 2 is 2.21 bits per heavy atom. The van der Waals surface area contributed by atoms with E-state index in [1.165, 1.54) is 0 Å². The molecule has 1 N–H and O–H groups in total. The zero-order valence-corrected chi connectivity index (χ0v) is 10.7. The summed E-state index contributed by atoms with van der Waals surface area (Å²) in [7, 11) is 0. The second kappa shape index (κ2) is 4.84. The van der Waals surface area contributed by atoms with Crippen LogP contribution in [0.25, 0.3) is 0 Å². The Morgan fingerprint density at radius 1 is 1.42 bits per heavy atom. The molecule has 1 aromatic carbocycles. The number of rotatable bonds is 5. The van der Waals surface area contributed by atoms with Crippen LogP contribution < -0.4 is 5.32 Å². The Bertz CT molecular complexity index is 602. The predicted molar refractivity (Wildman–Crippen MR) is 70.0 cm³/mol. The zero-order valence-electron chi connectivity index (χ0n) is 10.7. The molecule has 1 aliphatic rings. The van der Waals surface area contributed by atoms with Gasteiger partial charge >= 0.3 is 0 Å². The van der Waals surface area contributed by atoms with Gasteiger partial charge in [-0.15, -0.1) is 0 Å². The third-order valence-electron chi connectivity index (χ3n) is 3.16. The maximum Gasteiger partial charge on any atom is 0.245 e. The van der Waals surface area contributed by atoms with Gasteiger partial charge in [-0.2, -0.15) is 4.98 Å². The van der Waals surface area contributed by atoms with Crippen molar-refractivity contribution < 1.29 is 9.32 Å². The van der Waals surface area contributed by atoms with Gasteiger partial charge < -0.3 is 9.84 Å². The van der Waals surface area contributed by atoms with Gasteiger partial charge in [0.05, 0.1) is 6.54 Å². The highest BCUT2D eigenvalue weighted by Gasteiger charge is 2.28. The lowest BCUT2D eigenvalue weighted by atomic mass is 10.1. The number of nitrogens with one attached hydrogen (secondary N) is 1. The minimum Gasteiger partial charge on any atom is -0.376 e. The summed E-state index contributed by atoms with van der Waals surface area (Å²) in [5.41, 5.74) is 1.46. The Hall–Kier alpha value is -2.17. The molecule has 1 fully saturated rings. The van der Waals surface area contributed by atoms with Crippen LogP contribution in [0.1, 0.15) is 47.8 Å². The first-order valence-electron chi connectivity index (χ1n) is 6.40. The molecule has 0 amide bonds. The van der Waals surface area contributed by atoms with Crippen LogP contribution in [0.3, 0.4) is 0 Å². The first-order chi connectivity index (χ1) is 9.24. The number of carbonyl (C=O) groups is 1. The fraction of sp³-hybridized carbons (Fsp3) is 0.357. The molecule has 2 aromatic rings. The van der Waals surface area contributed by atoms with Crippen molar-refractivity contribution >= 4 is 11.5 Å². The number of anilines is 1. The van der Waals surface area contributed by atoms with Crippen molar-refractivity contribution in [1.29, 1.82) is 0 Å². The van der Waals surface area contributed by atoms with Crippen LogP contribution in [0.5, 0.6) is 0 Å². The topological polar surface area (TPSA) is 68.0 Å². The normalized spacial score (nSPS) is 14.4. The van der Waals surface area contributed by atoms with E-state index in [2.05, 4.69) is 15.5 Å². The van der Waals surface area contributed by atoms with Gasteiger partial charge in [-0.25, -0.2) is 0 Å². The number of carbonyl (C=O) groups excluding carboxylic acids is 1. The highest BCUT2D eigenvalue weighted by molar-refractivity contribution is 5.99. The number of ketones is 1. The molecular formula is C14H15N3O2. The molecule has 1 saturated carbocycles. The quantitative estimate of drug-likeness (QED) is 0.834. The summed E-state index contributed by atoms with van der Waals surface area (Å²) in [5, 5.41) is 7.12. The number of hydrogen-bond donors (Lipinski definition) is 1. The summed E-state index contributed by atoms with van der Waals surface area (Å²) < 4.78 is 5.18. The molecule has 1 aliphatic carbocycles. The van der Waals surface area contributed by atoms with Crippen molar-refractivity contribution in [3.63, 3.8) is 0 Å². The summed E-state index contributed by atoms with van der Waals surface area (Å²) >= 11 is 0. The molecule has 1 aromatic heterocycles. The summed E-state index contributed by atoms with van der Waals surface area (Å²) in [6.45, 7) is 1.99. The van der Waals surface area contributed by atoms with Gasteiger partial charge in [0.15, 0.2) is 11.6 Å². The molecule has 0 saturated heterocycles. The van der Waals surface area contributed by atoms with E-state index in [-0.39, 0.29) is 5.78 Å². The molecule has 5 nitrogen and oxygen atoms in total. The minimum absolute atomic E-state index is 0.0345. The van der Waals surface area contributed by atoms with Gasteiger partial charge in [0.1, 0.15) is 0 Å². The van der Waals surface area contributed by atoms with E-state index < -0.39 is 0 Å². The fourth-order valence-corrected chi connectivity index (χ4v) is 1.96. The van der Waals surface area contributed by atoms with Crippen LogP contribution in [-0.4, -0.2) is 15.9 Å². The molecule has 0 bridgehead atoms. The Kier molecular flexibility index (Phi) is 3.03. The van der Waals surface area contributed by atoms with Crippen molar-refractivity contribution in [3.8, 4) is 0 Å². The predicted octanol–water partition coefficient (Wildman–Crippen LogP) is 2.76. The number of para-hydroxylation sites is 1. The monoisotopic (exact) mass is 257 g/mol. The molecule has 5 heteroatoms. The van der Waals surface area contributed by atoms with E-state index in [0.717, 1.165) is 24.4 Å². The molecule has 1 heterocycles. The van der Waals surface area contributed by atoms with Crippen LogP contribution in [0.4, 0.5) is 5.69 Å². The highest BCUT2D eigenvalue weighted by Crippen LogP contribution is 2.38. The van der Waals surface area contributed by atoms with Crippen LogP contribution in [0.2, 0.25) is 0 Å². The number of hydrogen-bond acceptors (Lipinski definition) is 5. The van der Waals surface area contributed by atoms with Crippen molar-refractivity contribution in [3.05, 3.63) is 41.5 Å². The van der Waals surface area contributed by atoms with E-state index in [1.807, 2.05) is 18.2 Å².